The lowest BCUT2D eigenvalue weighted by molar-refractivity contribution is -0.143. The lowest BCUT2D eigenvalue weighted by Gasteiger charge is -2.05. The van der Waals surface area contributed by atoms with Crippen molar-refractivity contribution < 1.29 is 14.3 Å². The second-order valence-electron chi connectivity index (χ2n) is 3.23. The van der Waals surface area contributed by atoms with Crippen LogP contribution in [0.3, 0.4) is 0 Å². The van der Waals surface area contributed by atoms with Gasteiger partial charge in [0, 0.05) is 6.20 Å². The third-order valence-electron chi connectivity index (χ3n) is 2.11. The van der Waals surface area contributed by atoms with Crippen molar-refractivity contribution in [2.75, 3.05) is 13.7 Å². The molecule has 6 nitrogen and oxygen atoms in total. The smallest absolute Gasteiger partial charge is 0.343 e. The molecule has 17 heavy (non-hydrogen) atoms. The van der Waals surface area contributed by atoms with Gasteiger partial charge in [-0.05, 0) is 12.1 Å². The van der Waals surface area contributed by atoms with E-state index in [0.29, 0.717) is 5.65 Å². The molecule has 0 radical (unpaired) electrons. The van der Waals surface area contributed by atoms with E-state index in [0.717, 1.165) is 0 Å². The monoisotopic (exact) mass is 234 g/mol. The van der Waals surface area contributed by atoms with Gasteiger partial charge in [-0.15, -0.1) is 0 Å². The minimum atomic E-state index is -0.528. The Hall–Kier alpha value is -2.37. The van der Waals surface area contributed by atoms with Gasteiger partial charge < -0.3 is 9.47 Å². The SMILES string of the molecule is COC(=O)COc1cc(=O)n2ccccc2n1. The molecule has 0 aromatic carbocycles. The fraction of sp³-hybridized carbons (Fsp3) is 0.182. The van der Waals surface area contributed by atoms with Crippen molar-refractivity contribution in [3.05, 3.63) is 40.8 Å². The molecule has 0 aliphatic carbocycles. The normalized spacial score (nSPS) is 10.2. The third-order valence-corrected chi connectivity index (χ3v) is 2.11. The summed E-state index contributed by atoms with van der Waals surface area (Å²) in [6.45, 7) is -0.272. The lowest BCUT2D eigenvalue weighted by atomic mass is 10.4. The molecule has 0 saturated carbocycles. The second kappa shape index (κ2) is 4.65. The maximum Gasteiger partial charge on any atom is 0.343 e. The topological polar surface area (TPSA) is 69.9 Å². The number of pyridine rings is 1. The van der Waals surface area contributed by atoms with Crippen molar-refractivity contribution in [3.8, 4) is 5.88 Å². The second-order valence-corrected chi connectivity index (χ2v) is 3.23. The van der Waals surface area contributed by atoms with Crippen molar-refractivity contribution in [3.63, 3.8) is 0 Å². The van der Waals surface area contributed by atoms with Crippen molar-refractivity contribution >= 4 is 11.6 Å². The Morgan fingerprint density at radius 3 is 3.06 bits per heavy atom. The van der Waals surface area contributed by atoms with Crippen LogP contribution in [0.5, 0.6) is 5.88 Å². The molecule has 0 N–H and O–H groups in total. The van der Waals surface area contributed by atoms with E-state index >= 15 is 0 Å². The zero-order valence-corrected chi connectivity index (χ0v) is 9.12. The van der Waals surface area contributed by atoms with Crippen LogP contribution in [-0.2, 0) is 9.53 Å². The summed E-state index contributed by atoms with van der Waals surface area (Å²) in [6, 6.07) is 6.37. The molecule has 0 fully saturated rings. The summed E-state index contributed by atoms with van der Waals surface area (Å²) >= 11 is 0. The van der Waals surface area contributed by atoms with Crippen molar-refractivity contribution in [2.45, 2.75) is 0 Å². The first-order valence-corrected chi connectivity index (χ1v) is 4.89. The Balaban J connectivity index is 2.31. The maximum absolute atomic E-state index is 11.6. The molecule has 2 aromatic rings. The fourth-order valence-electron chi connectivity index (χ4n) is 1.30. The first-order valence-electron chi connectivity index (χ1n) is 4.89. The summed E-state index contributed by atoms with van der Waals surface area (Å²) in [4.78, 5) is 26.6. The van der Waals surface area contributed by atoms with Gasteiger partial charge in [0.15, 0.2) is 6.61 Å². The third kappa shape index (κ3) is 2.41. The largest absolute Gasteiger partial charge is 0.466 e. The van der Waals surface area contributed by atoms with Gasteiger partial charge >= 0.3 is 5.97 Å². The molecule has 88 valence electrons. The number of methoxy groups -OCH3 is 1. The number of nitrogens with zero attached hydrogens (tertiary/aromatic N) is 2. The Morgan fingerprint density at radius 2 is 2.29 bits per heavy atom. The van der Waals surface area contributed by atoms with Gasteiger partial charge in [0.2, 0.25) is 5.88 Å². The molecule has 2 aromatic heterocycles. The summed E-state index contributed by atoms with van der Waals surface area (Å²) in [6.07, 6.45) is 1.61. The lowest BCUT2D eigenvalue weighted by Crippen LogP contribution is -2.17. The average Bonchev–Trinajstić information content (AvgIpc) is 2.36. The molecular formula is C11H10N2O4. The molecule has 6 heteroatoms. The van der Waals surface area contributed by atoms with Crippen LogP contribution in [0.1, 0.15) is 0 Å². The molecular weight excluding hydrogens is 224 g/mol. The van der Waals surface area contributed by atoms with Gasteiger partial charge in [-0.2, -0.15) is 4.98 Å². The zero-order valence-electron chi connectivity index (χ0n) is 9.12. The van der Waals surface area contributed by atoms with E-state index in [1.165, 1.54) is 17.6 Å². The molecule has 0 saturated heterocycles. The quantitative estimate of drug-likeness (QED) is 0.712. The highest BCUT2D eigenvalue weighted by Gasteiger charge is 2.05. The van der Waals surface area contributed by atoms with E-state index in [1.807, 2.05) is 0 Å². The standard InChI is InChI=1S/C11H10N2O4/c1-16-11(15)7-17-9-6-10(14)13-5-3-2-4-8(13)12-9/h2-6H,7H2,1H3. The van der Waals surface area contributed by atoms with Gasteiger partial charge in [0.25, 0.3) is 5.56 Å². The highest BCUT2D eigenvalue weighted by atomic mass is 16.6. The van der Waals surface area contributed by atoms with Crippen molar-refractivity contribution in [2.24, 2.45) is 0 Å². The van der Waals surface area contributed by atoms with E-state index in [1.54, 1.807) is 24.4 Å². The number of fused-ring (bicyclic) bond motifs is 1. The minimum absolute atomic E-state index is 0.103. The number of ether oxygens (including phenoxy) is 2. The molecule has 0 aliphatic heterocycles. The van der Waals surface area contributed by atoms with Crippen LogP contribution >= 0.6 is 0 Å². The number of carbonyl (C=O) groups excluding carboxylic acids is 1. The van der Waals surface area contributed by atoms with Gasteiger partial charge in [-0.3, -0.25) is 9.20 Å². The van der Waals surface area contributed by atoms with Crippen LogP contribution in [0.4, 0.5) is 0 Å². The van der Waals surface area contributed by atoms with E-state index in [4.69, 9.17) is 4.74 Å². The number of aromatic nitrogens is 2. The number of hydrogen-bond acceptors (Lipinski definition) is 5. The van der Waals surface area contributed by atoms with Crippen LogP contribution in [0, 0.1) is 0 Å². The fourth-order valence-corrected chi connectivity index (χ4v) is 1.30. The highest BCUT2D eigenvalue weighted by molar-refractivity contribution is 5.70. The minimum Gasteiger partial charge on any atom is -0.466 e. The first-order chi connectivity index (χ1) is 8.20. The summed E-state index contributed by atoms with van der Waals surface area (Å²) in [5.41, 5.74) is 0.190. The molecule has 0 amide bonds. The number of carbonyl (C=O) groups is 1. The van der Waals surface area contributed by atoms with Gasteiger partial charge in [-0.25, -0.2) is 4.79 Å². The molecule has 0 bridgehead atoms. The van der Waals surface area contributed by atoms with Crippen molar-refractivity contribution in [1.29, 1.82) is 0 Å². The number of hydrogen-bond donors (Lipinski definition) is 0. The Kier molecular flexibility index (Phi) is 3.04. The summed E-state index contributed by atoms with van der Waals surface area (Å²) in [5, 5.41) is 0. The van der Waals surface area contributed by atoms with Gasteiger partial charge in [0.05, 0.1) is 13.2 Å². The number of rotatable bonds is 3. The average molecular weight is 234 g/mol. The Morgan fingerprint density at radius 1 is 1.47 bits per heavy atom. The Bertz CT molecular complexity index is 606. The van der Waals surface area contributed by atoms with Crippen LogP contribution in [0.25, 0.3) is 5.65 Å². The summed E-state index contributed by atoms with van der Waals surface area (Å²) < 4.78 is 10.8. The molecule has 0 unspecified atom stereocenters. The van der Waals surface area contributed by atoms with Crippen LogP contribution in [-0.4, -0.2) is 29.1 Å². The van der Waals surface area contributed by atoms with E-state index in [9.17, 15) is 9.59 Å². The molecule has 0 aliphatic rings. The van der Waals surface area contributed by atoms with E-state index in [-0.39, 0.29) is 18.0 Å². The Labute approximate surface area is 96.4 Å². The summed E-state index contributed by atoms with van der Waals surface area (Å²) in [7, 11) is 1.26. The predicted octanol–water partition coefficient (Wildman–Crippen LogP) is 0.246. The molecule has 2 rings (SSSR count). The van der Waals surface area contributed by atoms with Crippen LogP contribution in [0.2, 0.25) is 0 Å². The molecule has 0 atom stereocenters. The van der Waals surface area contributed by atoms with Crippen LogP contribution in [0.15, 0.2) is 35.3 Å². The van der Waals surface area contributed by atoms with Gasteiger partial charge in [0.1, 0.15) is 5.65 Å². The van der Waals surface area contributed by atoms with Crippen molar-refractivity contribution in [1.82, 2.24) is 9.38 Å². The van der Waals surface area contributed by atoms with Gasteiger partial charge in [-0.1, -0.05) is 6.07 Å². The molecule has 2 heterocycles. The molecule has 0 spiro atoms. The van der Waals surface area contributed by atoms with E-state index in [2.05, 4.69) is 9.72 Å². The number of esters is 1. The maximum atomic E-state index is 11.6. The predicted molar refractivity (Wildman–Crippen MR) is 59.0 cm³/mol. The van der Waals surface area contributed by atoms with Crippen LogP contribution < -0.4 is 10.3 Å². The zero-order chi connectivity index (χ0) is 12.3. The summed E-state index contributed by atoms with van der Waals surface area (Å²) in [5.74, 6) is -0.424. The highest BCUT2D eigenvalue weighted by Crippen LogP contribution is 2.05. The first kappa shape index (κ1) is 11.1. The van der Waals surface area contributed by atoms with E-state index < -0.39 is 5.97 Å².